The van der Waals surface area contributed by atoms with Gasteiger partial charge in [0.15, 0.2) is 0 Å². The van der Waals surface area contributed by atoms with Crippen LogP contribution in [0.1, 0.15) is 18.3 Å². The Labute approximate surface area is 93.5 Å². The second kappa shape index (κ2) is 3.30. The number of pyridine rings is 1. The average molecular weight is 211 g/mol. The lowest BCUT2D eigenvalue weighted by Crippen LogP contribution is -1.91. The van der Waals surface area contributed by atoms with Crippen LogP contribution in [0.4, 0.5) is 0 Å². The summed E-state index contributed by atoms with van der Waals surface area (Å²) in [4.78, 5) is 4.69. The van der Waals surface area contributed by atoms with Crippen LogP contribution in [-0.4, -0.2) is 15.2 Å². The Morgan fingerprint density at radius 3 is 2.62 bits per heavy atom. The summed E-state index contributed by atoms with van der Waals surface area (Å²) in [6.45, 7) is 4.15. The predicted octanol–water partition coefficient (Wildman–Crippen LogP) is 2.98. The van der Waals surface area contributed by atoms with E-state index >= 15 is 0 Å². The van der Waals surface area contributed by atoms with E-state index in [1.807, 2.05) is 13.0 Å². The lowest BCUT2D eigenvalue weighted by molar-refractivity contribution is 1.06. The third-order valence-corrected chi connectivity index (χ3v) is 2.99. The summed E-state index contributed by atoms with van der Waals surface area (Å²) in [7, 11) is 0. The lowest BCUT2D eigenvalue weighted by atomic mass is 10.1. The molecule has 0 amide bonds. The highest BCUT2D eigenvalue weighted by molar-refractivity contribution is 6.05. The maximum Gasteiger partial charge on any atom is 0.119 e. The summed E-state index contributed by atoms with van der Waals surface area (Å²) < 4.78 is 0. The number of benzene rings is 1. The zero-order chi connectivity index (χ0) is 11.1. The molecular formula is C13H13N3. The SMILES string of the molecule is CCc1nc2c(C)[nH]nc2c2ccccc12. The number of aryl methyl sites for hydroxylation is 2. The number of aromatic amines is 1. The Hall–Kier alpha value is -1.90. The zero-order valence-electron chi connectivity index (χ0n) is 9.41. The highest BCUT2D eigenvalue weighted by atomic mass is 15.1. The molecule has 2 aromatic heterocycles. The molecule has 0 saturated carbocycles. The molecule has 0 aliphatic rings. The molecule has 3 rings (SSSR count). The van der Waals surface area contributed by atoms with Crippen LogP contribution in [0.3, 0.4) is 0 Å². The largest absolute Gasteiger partial charge is 0.280 e. The number of nitrogens with one attached hydrogen (secondary N) is 1. The number of rotatable bonds is 1. The Morgan fingerprint density at radius 2 is 1.88 bits per heavy atom. The van der Waals surface area contributed by atoms with Crippen LogP contribution in [0.15, 0.2) is 24.3 Å². The number of hydrogen-bond acceptors (Lipinski definition) is 2. The van der Waals surface area contributed by atoms with Crippen molar-refractivity contribution >= 4 is 21.8 Å². The monoisotopic (exact) mass is 211 g/mol. The van der Waals surface area contributed by atoms with Gasteiger partial charge in [-0.1, -0.05) is 31.2 Å². The van der Waals surface area contributed by atoms with Crippen LogP contribution in [0.5, 0.6) is 0 Å². The maximum absolute atomic E-state index is 4.69. The summed E-state index contributed by atoms with van der Waals surface area (Å²) in [5.74, 6) is 0. The van der Waals surface area contributed by atoms with Crippen molar-refractivity contribution in [3.8, 4) is 0 Å². The van der Waals surface area contributed by atoms with Gasteiger partial charge in [-0.25, -0.2) is 4.98 Å². The number of H-pyrrole nitrogens is 1. The van der Waals surface area contributed by atoms with Gasteiger partial charge in [-0.2, -0.15) is 5.10 Å². The van der Waals surface area contributed by atoms with Gasteiger partial charge in [0, 0.05) is 16.5 Å². The van der Waals surface area contributed by atoms with E-state index in [1.54, 1.807) is 0 Å². The van der Waals surface area contributed by atoms with Gasteiger partial charge in [-0.15, -0.1) is 0 Å². The minimum Gasteiger partial charge on any atom is -0.280 e. The zero-order valence-corrected chi connectivity index (χ0v) is 9.41. The van der Waals surface area contributed by atoms with Crippen LogP contribution in [0, 0.1) is 6.92 Å². The van der Waals surface area contributed by atoms with Crippen molar-refractivity contribution in [2.75, 3.05) is 0 Å². The highest BCUT2D eigenvalue weighted by Gasteiger charge is 2.10. The predicted molar refractivity (Wildman–Crippen MR) is 65.5 cm³/mol. The normalized spacial score (nSPS) is 11.4. The molecule has 0 fully saturated rings. The average Bonchev–Trinajstić information content (AvgIpc) is 2.70. The van der Waals surface area contributed by atoms with E-state index in [0.717, 1.165) is 28.8 Å². The molecule has 3 aromatic rings. The van der Waals surface area contributed by atoms with E-state index in [1.165, 1.54) is 10.8 Å². The number of hydrogen-bond donors (Lipinski definition) is 1. The van der Waals surface area contributed by atoms with Gasteiger partial charge in [0.1, 0.15) is 11.0 Å². The summed E-state index contributed by atoms with van der Waals surface area (Å²) in [6, 6.07) is 8.32. The Morgan fingerprint density at radius 1 is 1.12 bits per heavy atom. The standard InChI is InChI=1S/C13H13N3/c1-3-11-9-6-4-5-7-10(9)13-12(14-11)8(2)15-16-13/h4-7H,3H2,1-2H3,(H,15,16). The molecular weight excluding hydrogens is 198 g/mol. The van der Waals surface area contributed by atoms with Gasteiger partial charge in [0.2, 0.25) is 0 Å². The fourth-order valence-corrected chi connectivity index (χ4v) is 2.15. The minimum atomic E-state index is 0.946. The highest BCUT2D eigenvalue weighted by Crippen LogP contribution is 2.26. The molecule has 0 atom stereocenters. The molecule has 3 heteroatoms. The third kappa shape index (κ3) is 1.14. The van der Waals surface area contributed by atoms with Crippen molar-refractivity contribution in [1.82, 2.24) is 15.2 Å². The van der Waals surface area contributed by atoms with Crippen LogP contribution in [0.2, 0.25) is 0 Å². The molecule has 0 spiro atoms. The summed E-state index contributed by atoms with van der Waals surface area (Å²) in [6.07, 6.45) is 0.946. The van der Waals surface area contributed by atoms with Crippen LogP contribution < -0.4 is 0 Å². The number of nitrogens with zero attached hydrogens (tertiary/aromatic N) is 2. The molecule has 0 aliphatic heterocycles. The molecule has 0 unspecified atom stereocenters. The van der Waals surface area contributed by atoms with Crippen LogP contribution >= 0.6 is 0 Å². The first-order valence-electron chi connectivity index (χ1n) is 5.53. The molecule has 80 valence electrons. The van der Waals surface area contributed by atoms with E-state index in [-0.39, 0.29) is 0 Å². The number of aromatic nitrogens is 3. The number of fused-ring (bicyclic) bond motifs is 3. The van der Waals surface area contributed by atoms with E-state index in [9.17, 15) is 0 Å². The van der Waals surface area contributed by atoms with Crippen molar-refractivity contribution in [2.45, 2.75) is 20.3 Å². The minimum absolute atomic E-state index is 0.946. The van der Waals surface area contributed by atoms with Gasteiger partial charge in [-0.05, 0) is 13.3 Å². The molecule has 0 bridgehead atoms. The third-order valence-electron chi connectivity index (χ3n) is 2.99. The van der Waals surface area contributed by atoms with Crippen molar-refractivity contribution in [1.29, 1.82) is 0 Å². The summed E-state index contributed by atoms with van der Waals surface area (Å²) in [5, 5.41) is 9.74. The van der Waals surface area contributed by atoms with E-state index in [0.29, 0.717) is 0 Å². The van der Waals surface area contributed by atoms with E-state index in [4.69, 9.17) is 0 Å². The Kier molecular flexibility index (Phi) is 1.93. The van der Waals surface area contributed by atoms with Gasteiger partial charge in [-0.3, -0.25) is 5.10 Å². The molecule has 0 radical (unpaired) electrons. The molecule has 3 nitrogen and oxygen atoms in total. The summed E-state index contributed by atoms with van der Waals surface area (Å²) >= 11 is 0. The molecule has 1 N–H and O–H groups in total. The lowest BCUT2D eigenvalue weighted by Gasteiger charge is -2.04. The maximum atomic E-state index is 4.69. The second-order valence-electron chi connectivity index (χ2n) is 4.00. The Bertz CT molecular complexity index is 667. The molecule has 0 aliphatic carbocycles. The van der Waals surface area contributed by atoms with Crippen molar-refractivity contribution in [3.05, 3.63) is 35.7 Å². The Balaban J connectivity index is 2.58. The van der Waals surface area contributed by atoms with E-state index < -0.39 is 0 Å². The fraction of sp³-hybridized carbons (Fsp3) is 0.231. The topological polar surface area (TPSA) is 41.6 Å². The van der Waals surface area contributed by atoms with Gasteiger partial charge in [0.25, 0.3) is 0 Å². The van der Waals surface area contributed by atoms with Crippen molar-refractivity contribution < 1.29 is 0 Å². The van der Waals surface area contributed by atoms with Gasteiger partial charge < -0.3 is 0 Å². The molecule has 0 saturated heterocycles. The van der Waals surface area contributed by atoms with Gasteiger partial charge >= 0.3 is 0 Å². The van der Waals surface area contributed by atoms with Gasteiger partial charge in [0.05, 0.1) is 5.69 Å². The second-order valence-corrected chi connectivity index (χ2v) is 4.00. The molecule has 16 heavy (non-hydrogen) atoms. The van der Waals surface area contributed by atoms with Crippen LogP contribution in [0.25, 0.3) is 21.8 Å². The smallest absolute Gasteiger partial charge is 0.119 e. The van der Waals surface area contributed by atoms with Crippen molar-refractivity contribution in [3.63, 3.8) is 0 Å². The molecule has 1 aromatic carbocycles. The van der Waals surface area contributed by atoms with E-state index in [2.05, 4.69) is 40.3 Å². The first kappa shape index (κ1) is 9.33. The van der Waals surface area contributed by atoms with Crippen molar-refractivity contribution in [2.24, 2.45) is 0 Å². The quantitative estimate of drug-likeness (QED) is 0.672. The molecule has 2 heterocycles. The first-order valence-corrected chi connectivity index (χ1v) is 5.53. The first-order chi connectivity index (χ1) is 7.81. The van der Waals surface area contributed by atoms with Crippen LogP contribution in [-0.2, 0) is 6.42 Å². The summed E-state index contributed by atoms with van der Waals surface area (Å²) in [5.41, 5.74) is 4.16. The fourth-order valence-electron chi connectivity index (χ4n) is 2.15.